The van der Waals surface area contributed by atoms with E-state index in [1.54, 1.807) is 0 Å². The molecular formula is C8H8N2O6. The summed E-state index contributed by atoms with van der Waals surface area (Å²) in [6.07, 6.45) is 0. The molecule has 0 aliphatic rings. The van der Waals surface area contributed by atoms with Crippen molar-refractivity contribution in [2.45, 2.75) is 0 Å². The number of hydrogen-bond acceptors (Lipinski definition) is 6. The van der Waals surface area contributed by atoms with Gasteiger partial charge in [-0.05, 0) is 0 Å². The second kappa shape index (κ2) is 4.43. The van der Waals surface area contributed by atoms with Gasteiger partial charge in [0.25, 0.3) is 0 Å². The first-order valence-electron chi connectivity index (χ1n) is 4.06. The molecule has 8 heteroatoms. The second-order valence-corrected chi connectivity index (χ2v) is 2.71. The van der Waals surface area contributed by atoms with Gasteiger partial charge in [0.15, 0.2) is 0 Å². The average Bonchev–Trinajstić information content (AvgIpc) is 2.26. The smallest absolute Gasteiger partial charge is 0.315 e. The molecule has 8 nitrogen and oxygen atoms in total. The SMILES string of the molecule is COc1cc([N+](=O)[O-])c(OC)cc1[N+](=O)[O-]. The molecule has 16 heavy (non-hydrogen) atoms. The van der Waals surface area contributed by atoms with Crippen molar-refractivity contribution < 1.29 is 19.3 Å². The number of ether oxygens (including phenoxy) is 2. The molecule has 0 spiro atoms. The molecule has 0 bridgehead atoms. The van der Waals surface area contributed by atoms with Gasteiger partial charge in [-0.2, -0.15) is 0 Å². The largest absolute Gasteiger partial charge is 0.490 e. The summed E-state index contributed by atoms with van der Waals surface area (Å²) < 4.78 is 9.39. The van der Waals surface area contributed by atoms with E-state index in [9.17, 15) is 20.2 Å². The van der Waals surface area contributed by atoms with Gasteiger partial charge in [-0.15, -0.1) is 0 Å². The van der Waals surface area contributed by atoms with Crippen LogP contribution in [0.25, 0.3) is 0 Å². The fourth-order valence-corrected chi connectivity index (χ4v) is 1.15. The van der Waals surface area contributed by atoms with Gasteiger partial charge < -0.3 is 9.47 Å². The van der Waals surface area contributed by atoms with Crippen molar-refractivity contribution >= 4 is 11.4 Å². The molecule has 0 amide bonds. The number of nitro groups is 2. The molecule has 1 aromatic carbocycles. The van der Waals surface area contributed by atoms with Crippen molar-refractivity contribution in [2.75, 3.05) is 14.2 Å². The summed E-state index contributed by atoms with van der Waals surface area (Å²) in [4.78, 5) is 19.9. The summed E-state index contributed by atoms with van der Waals surface area (Å²) in [6.45, 7) is 0. The van der Waals surface area contributed by atoms with Gasteiger partial charge in [-0.1, -0.05) is 0 Å². The summed E-state index contributed by atoms with van der Waals surface area (Å²) >= 11 is 0. The molecule has 0 aromatic heterocycles. The summed E-state index contributed by atoms with van der Waals surface area (Å²) in [6, 6.07) is 1.91. The van der Waals surface area contributed by atoms with E-state index in [0.29, 0.717) is 0 Å². The van der Waals surface area contributed by atoms with Crippen molar-refractivity contribution in [3.63, 3.8) is 0 Å². The van der Waals surface area contributed by atoms with E-state index in [2.05, 4.69) is 0 Å². The first-order valence-corrected chi connectivity index (χ1v) is 4.06. The normalized spacial score (nSPS) is 9.62. The number of nitrogens with zero attached hydrogens (tertiary/aromatic N) is 2. The van der Waals surface area contributed by atoms with Crippen LogP contribution >= 0.6 is 0 Å². The highest BCUT2D eigenvalue weighted by Gasteiger charge is 2.25. The molecule has 0 saturated carbocycles. The maximum absolute atomic E-state index is 10.6. The maximum atomic E-state index is 10.6. The molecule has 0 heterocycles. The zero-order chi connectivity index (χ0) is 12.3. The van der Waals surface area contributed by atoms with Gasteiger partial charge in [0, 0.05) is 0 Å². The van der Waals surface area contributed by atoms with Crippen molar-refractivity contribution in [3.8, 4) is 11.5 Å². The van der Waals surface area contributed by atoms with Gasteiger partial charge in [0.1, 0.15) is 0 Å². The zero-order valence-corrected chi connectivity index (χ0v) is 8.50. The molecule has 0 atom stereocenters. The number of hydrogen-bond donors (Lipinski definition) is 0. The molecule has 0 saturated heterocycles. The minimum Gasteiger partial charge on any atom is -0.490 e. The van der Waals surface area contributed by atoms with E-state index in [4.69, 9.17) is 9.47 Å². The molecule has 1 rings (SSSR count). The molecule has 0 radical (unpaired) electrons. The summed E-state index contributed by atoms with van der Waals surface area (Å²) in [5, 5.41) is 21.3. The third kappa shape index (κ3) is 2.00. The van der Waals surface area contributed by atoms with Crippen LogP contribution < -0.4 is 9.47 Å². The van der Waals surface area contributed by atoms with Crippen LogP contribution in [0.2, 0.25) is 0 Å². The Kier molecular flexibility index (Phi) is 3.24. The van der Waals surface area contributed by atoms with E-state index in [1.165, 1.54) is 14.2 Å². The molecule has 0 N–H and O–H groups in total. The predicted octanol–water partition coefficient (Wildman–Crippen LogP) is 1.52. The first-order chi connectivity index (χ1) is 7.51. The Morgan fingerprint density at radius 3 is 1.44 bits per heavy atom. The zero-order valence-electron chi connectivity index (χ0n) is 8.50. The quantitative estimate of drug-likeness (QED) is 0.571. The van der Waals surface area contributed by atoms with Crippen LogP contribution in [0.4, 0.5) is 11.4 Å². The molecule has 0 unspecified atom stereocenters. The van der Waals surface area contributed by atoms with Gasteiger partial charge in [0.05, 0.1) is 36.2 Å². The lowest BCUT2D eigenvalue weighted by atomic mass is 10.2. The van der Waals surface area contributed by atoms with Crippen molar-refractivity contribution in [2.24, 2.45) is 0 Å². The van der Waals surface area contributed by atoms with E-state index in [0.717, 1.165) is 12.1 Å². The maximum Gasteiger partial charge on any atom is 0.315 e. The highest BCUT2D eigenvalue weighted by molar-refractivity contribution is 5.61. The van der Waals surface area contributed by atoms with Gasteiger partial charge in [-0.3, -0.25) is 20.2 Å². The highest BCUT2D eigenvalue weighted by Crippen LogP contribution is 2.38. The molecule has 0 fully saturated rings. The summed E-state index contributed by atoms with van der Waals surface area (Å²) in [5.41, 5.74) is -0.769. The van der Waals surface area contributed by atoms with Crippen LogP contribution in [0.3, 0.4) is 0 Å². The Labute approximate surface area is 89.7 Å². The predicted molar refractivity (Wildman–Crippen MR) is 52.9 cm³/mol. The fourth-order valence-electron chi connectivity index (χ4n) is 1.15. The number of methoxy groups -OCH3 is 2. The van der Waals surface area contributed by atoms with Crippen LogP contribution in [-0.2, 0) is 0 Å². The molecular weight excluding hydrogens is 220 g/mol. The Hall–Kier alpha value is -2.38. The third-order valence-electron chi connectivity index (χ3n) is 1.87. The number of benzene rings is 1. The van der Waals surface area contributed by atoms with E-state index >= 15 is 0 Å². The third-order valence-corrected chi connectivity index (χ3v) is 1.87. The average molecular weight is 228 g/mol. The van der Waals surface area contributed by atoms with Crippen LogP contribution in [0.5, 0.6) is 11.5 Å². The highest BCUT2D eigenvalue weighted by atomic mass is 16.6. The van der Waals surface area contributed by atoms with Crippen LogP contribution in [0.15, 0.2) is 12.1 Å². The minimum absolute atomic E-state index is 0.183. The topological polar surface area (TPSA) is 105 Å². The Morgan fingerprint density at radius 2 is 1.25 bits per heavy atom. The number of rotatable bonds is 4. The van der Waals surface area contributed by atoms with Crippen molar-refractivity contribution in [3.05, 3.63) is 32.4 Å². The monoisotopic (exact) mass is 228 g/mol. The van der Waals surface area contributed by atoms with Crippen molar-refractivity contribution in [1.29, 1.82) is 0 Å². The summed E-state index contributed by atoms with van der Waals surface area (Å²) in [7, 11) is 2.39. The fraction of sp³-hybridized carbons (Fsp3) is 0.250. The van der Waals surface area contributed by atoms with Gasteiger partial charge >= 0.3 is 11.4 Å². The minimum atomic E-state index is -0.703. The Bertz CT molecular complexity index is 403. The lowest BCUT2D eigenvalue weighted by Gasteiger charge is -2.05. The van der Waals surface area contributed by atoms with Crippen molar-refractivity contribution in [1.82, 2.24) is 0 Å². The molecule has 0 aliphatic heterocycles. The van der Waals surface area contributed by atoms with Gasteiger partial charge in [0.2, 0.25) is 11.5 Å². The summed E-state index contributed by atoms with van der Waals surface area (Å²) in [5.74, 6) is -0.366. The van der Waals surface area contributed by atoms with E-state index < -0.39 is 9.85 Å². The molecule has 0 aliphatic carbocycles. The number of nitro benzene ring substituents is 2. The van der Waals surface area contributed by atoms with Crippen LogP contribution in [-0.4, -0.2) is 24.1 Å². The molecule has 1 aromatic rings. The van der Waals surface area contributed by atoms with Crippen LogP contribution in [0.1, 0.15) is 0 Å². The second-order valence-electron chi connectivity index (χ2n) is 2.71. The molecule has 86 valence electrons. The Balaban J connectivity index is 3.46. The lowest BCUT2D eigenvalue weighted by Crippen LogP contribution is -1.99. The standard InChI is InChI=1S/C8H8N2O6/c1-15-7-3-6(10(13)14)8(16-2)4-5(7)9(11)12/h3-4H,1-2H3. The first kappa shape index (κ1) is 11.7. The van der Waals surface area contributed by atoms with E-state index in [1.807, 2.05) is 0 Å². The Morgan fingerprint density at radius 1 is 0.938 bits per heavy atom. The van der Waals surface area contributed by atoms with Gasteiger partial charge in [-0.25, -0.2) is 0 Å². The lowest BCUT2D eigenvalue weighted by molar-refractivity contribution is -0.390. The van der Waals surface area contributed by atoms with Crippen LogP contribution in [0, 0.1) is 20.2 Å². The van der Waals surface area contributed by atoms with E-state index in [-0.39, 0.29) is 22.9 Å².